The zero-order valence-corrected chi connectivity index (χ0v) is 7.89. The molecule has 0 aliphatic rings. The van der Waals surface area contributed by atoms with E-state index in [-0.39, 0.29) is 5.78 Å². The average Bonchev–Trinajstić information content (AvgIpc) is 2.75. The SMILES string of the molecule is CC(=O)c1nc(-c2ccc[nH]2)cs1. The smallest absolute Gasteiger partial charge is 0.188 e. The number of Topliss-reactive ketones (excluding diaryl/α,β-unsaturated/α-hetero) is 1. The number of thiazole rings is 1. The van der Waals surface area contributed by atoms with Crippen molar-refractivity contribution in [1.82, 2.24) is 9.97 Å². The summed E-state index contributed by atoms with van der Waals surface area (Å²) < 4.78 is 0. The predicted octanol–water partition coefficient (Wildman–Crippen LogP) is 2.34. The first-order valence-electron chi connectivity index (χ1n) is 3.87. The molecule has 0 atom stereocenters. The zero-order valence-electron chi connectivity index (χ0n) is 7.07. The monoisotopic (exact) mass is 192 g/mol. The third kappa shape index (κ3) is 1.53. The number of aromatic amines is 1. The van der Waals surface area contributed by atoms with Crippen molar-refractivity contribution in [2.75, 3.05) is 0 Å². The highest BCUT2D eigenvalue weighted by molar-refractivity contribution is 7.12. The van der Waals surface area contributed by atoms with Crippen LogP contribution in [0.15, 0.2) is 23.7 Å². The number of rotatable bonds is 2. The summed E-state index contributed by atoms with van der Waals surface area (Å²) in [5.74, 6) is 0.0165. The molecule has 0 aliphatic heterocycles. The van der Waals surface area contributed by atoms with Crippen molar-refractivity contribution in [3.63, 3.8) is 0 Å². The molecule has 1 N–H and O–H groups in total. The van der Waals surface area contributed by atoms with Gasteiger partial charge in [-0.05, 0) is 12.1 Å². The molecule has 0 radical (unpaired) electrons. The highest BCUT2D eigenvalue weighted by Crippen LogP contribution is 2.19. The largest absolute Gasteiger partial charge is 0.360 e. The highest BCUT2D eigenvalue weighted by atomic mass is 32.1. The van der Waals surface area contributed by atoms with Crippen molar-refractivity contribution < 1.29 is 4.79 Å². The van der Waals surface area contributed by atoms with E-state index in [1.54, 1.807) is 0 Å². The Balaban J connectivity index is 2.39. The highest BCUT2D eigenvalue weighted by Gasteiger charge is 2.07. The second-order valence-corrected chi connectivity index (χ2v) is 3.54. The minimum absolute atomic E-state index is 0.0165. The molecule has 13 heavy (non-hydrogen) atoms. The summed E-state index contributed by atoms with van der Waals surface area (Å²) in [7, 11) is 0. The number of ketones is 1. The molecule has 0 spiro atoms. The second-order valence-electron chi connectivity index (χ2n) is 2.68. The van der Waals surface area contributed by atoms with Crippen LogP contribution in [0.3, 0.4) is 0 Å². The van der Waals surface area contributed by atoms with E-state index < -0.39 is 0 Å². The maximum atomic E-state index is 11.0. The maximum absolute atomic E-state index is 11.0. The molecule has 0 saturated heterocycles. The summed E-state index contributed by atoms with van der Waals surface area (Å²) in [5.41, 5.74) is 1.78. The minimum atomic E-state index is 0.0165. The Morgan fingerprint density at radius 3 is 3.00 bits per heavy atom. The van der Waals surface area contributed by atoms with Crippen LogP contribution in [-0.2, 0) is 0 Å². The molecule has 0 bridgehead atoms. The van der Waals surface area contributed by atoms with Crippen molar-refractivity contribution in [3.05, 3.63) is 28.7 Å². The van der Waals surface area contributed by atoms with Gasteiger partial charge in [0.2, 0.25) is 0 Å². The van der Waals surface area contributed by atoms with Crippen LogP contribution < -0.4 is 0 Å². The van der Waals surface area contributed by atoms with E-state index in [4.69, 9.17) is 0 Å². The van der Waals surface area contributed by atoms with Crippen LogP contribution in [0.5, 0.6) is 0 Å². The van der Waals surface area contributed by atoms with E-state index >= 15 is 0 Å². The van der Waals surface area contributed by atoms with Crippen molar-refractivity contribution >= 4 is 17.1 Å². The van der Waals surface area contributed by atoms with E-state index in [1.165, 1.54) is 18.3 Å². The fourth-order valence-corrected chi connectivity index (χ4v) is 1.77. The molecule has 2 heterocycles. The van der Waals surface area contributed by atoms with E-state index in [0.717, 1.165) is 11.4 Å². The van der Waals surface area contributed by atoms with Gasteiger partial charge in [0.1, 0.15) is 0 Å². The van der Waals surface area contributed by atoms with Crippen LogP contribution in [0.2, 0.25) is 0 Å². The van der Waals surface area contributed by atoms with E-state index in [9.17, 15) is 4.79 Å². The molecule has 0 saturated carbocycles. The maximum Gasteiger partial charge on any atom is 0.188 e. The van der Waals surface area contributed by atoms with Crippen molar-refractivity contribution in [2.45, 2.75) is 6.92 Å². The summed E-state index contributed by atoms with van der Waals surface area (Å²) in [5, 5.41) is 2.44. The number of H-pyrrole nitrogens is 1. The fourth-order valence-electron chi connectivity index (χ4n) is 1.05. The predicted molar refractivity (Wildman–Crippen MR) is 51.9 cm³/mol. The van der Waals surface area contributed by atoms with Gasteiger partial charge in [-0.25, -0.2) is 4.98 Å². The quantitative estimate of drug-likeness (QED) is 0.742. The average molecular weight is 192 g/mol. The van der Waals surface area contributed by atoms with Gasteiger partial charge in [0.15, 0.2) is 10.8 Å². The van der Waals surface area contributed by atoms with E-state index in [1.807, 2.05) is 23.7 Å². The minimum Gasteiger partial charge on any atom is -0.360 e. The van der Waals surface area contributed by atoms with Gasteiger partial charge in [-0.3, -0.25) is 4.79 Å². The van der Waals surface area contributed by atoms with Crippen LogP contribution in [0.25, 0.3) is 11.4 Å². The molecule has 0 aliphatic carbocycles. The van der Waals surface area contributed by atoms with Gasteiger partial charge in [0, 0.05) is 18.5 Å². The van der Waals surface area contributed by atoms with Gasteiger partial charge >= 0.3 is 0 Å². The van der Waals surface area contributed by atoms with Crippen molar-refractivity contribution in [2.24, 2.45) is 0 Å². The Kier molecular flexibility index (Phi) is 1.98. The summed E-state index contributed by atoms with van der Waals surface area (Å²) in [6, 6.07) is 3.83. The fraction of sp³-hybridized carbons (Fsp3) is 0.111. The number of carbonyl (C=O) groups excluding carboxylic acids is 1. The first kappa shape index (κ1) is 8.19. The lowest BCUT2D eigenvalue weighted by atomic mass is 10.3. The Bertz CT molecular complexity index is 417. The molecule has 4 heteroatoms. The topological polar surface area (TPSA) is 45.8 Å². The molecular weight excluding hydrogens is 184 g/mol. The van der Waals surface area contributed by atoms with Crippen molar-refractivity contribution in [3.8, 4) is 11.4 Å². The molecule has 3 nitrogen and oxygen atoms in total. The summed E-state index contributed by atoms with van der Waals surface area (Å²) in [4.78, 5) is 18.2. The van der Waals surface area contributed by atoms with Crippen LogP contribution in [-0.4, -0.2) is 15.8 Å². The lowest BCUT2D eigenvalue weighted by molar-refractivity contribution is 0.101. The van der Waals surface area contributed by atoms with Crippen molar-refractivity contribution in [1.29, 1.82) is 0 Å². The van der Waals surface area contributed by atoms with Gasteiger partial charge in [-0.1, -0.05) is 0 Å². The van der Waals surface area contributed by atoms with E-state index in [2.05, 4.69) is 9.97 Å². The summed E-state index contributed by atoms with van der Waals surface area (Å²) in [6.45, 7) is 1.53. The van der Waals surface area contributed by atoms with Gasteiger partial charge in [-0.15, -0.1) is 11.3 Å². The number of aromatic nitrogens is 2. The molecule has 0 aromatic carbocycles. The summed E-state index contributed by atoms with van der Waals surface area (Å²) >= 11 is 1.38. The molecule has 0 amide bonds. The van der Waals surface area contributed by atoms with Crippen LogP contribution in [0.1, 0.15) is 16.7 Å². The molecule has 2 rings (SSSR count). The number of nitrogens with zero attached hydrogens (tertiary/aromatic N) is 1. The lowest BCUT2D eigenvalue weighted by Gasteiger charge is -1.87. The van der Waals surface area contributed by atoms with Gasteiger partial charge in [0.05, 0.1) is 11.4 Å². The normalized spacial score (nSPS) is 10.2. The van der Waals surface area contributed by atoms with Crippen LogP contribution in [0.4, 0.5) is 0 Å². The molecular formula is C9H8N2OS. The van der Waals surface area contributed by atoms with Crippen LogP contribution in [0, 0.1) is 0 Å². The number of carbonyl (C=O) groups is 1. The first-order valence-corrected chi connectivity index (χ1v) is 4.75. The molecule has 66 valence electrons. The van der Waals surface area contributed by atoms with E-state index in [0.29, 0.717) is 5.01 Å². The molecule has 2 aromatic heterocycles. The lowest BCUT2D eigenvalue weighted by Crippen LogP contribution is -1.89. The Hall–Kier alpha value is -1.42. The molecule has 0 unspecified atom stereocenters. The van der Waals surface area contributed by atoms with Gasteiger partial charge < -0.3 is 4.98 Å². The number of hydrogen-bond donors (Lipinski definition) is 1. The Morgan fingerprint density at radius 2 is 2.46 bits per heavy atom. The first-order chi connectivity index (χ1) is 6.27. The van der Waals surface area contributed by atoms with Gasteiger partial charge in [0.25, 0.3) is 0 Å². The number of hydrogen-bond acceptors (Lipinski definition) is 3. The van der Waals surface area contributed by atoms with Gasteiger partial charge in [-0.2, -0.15) is 0 Å². The Labute approximate surface area is 79.4 Å². The third-order valence-electron chi connectivity index (χ3n) is 1.68. The number of nitrogens with one attached hydrogen (secondary N) is 1. The second kappa shape index (κ2) is 3.14. The Morgan fingerprint density at radius 1 is 1.62 bits per heavy atom. The molecule has 0 fully saturated rings. The summed E-state index contributed by atoms with van der Waals surface area (Å²) in [6.07, 6.45) is 1.84. The van der Waals surface area contributed by atoms with Crippen LogP contribution >= 0.6 is 11.3 Å². The third-order valence-corrected chi connectivity index (χ3v) is 2.62. The zero-order chi connectivity index (χ0) is 9.26. The standard InChI is InChI=1S/C9H8N2OS/c1-6(12)9-11-8(5-13-9)7-3-2-4-10-7/h2-5,10H,1H3. The molecule has 2 aromatic rings.